The van der Waals surface area contributed by atoms with Crippen LogP contribution in [0.25, 0.3) is 10.9 Å². The van der Waals surface area contributed by atoms with Gasteiger partial charge >= 0.3 is 0 Å². The van der Waals surface area contributed by atoms with Gasteiger partial charge in [0.15, 0.2) is 0 Å². The molecule has 1 aromatic heterocycles. The Morgan fingerprint density at radius 1 is 1.22 bits per heavy atom. The summed E-state index contributed by atoms with van der Waals surface area (Å²) in [4.78, 5) is 4.40. The first-order valence-electron chi connectivity index (χ1n) is 5.90. The van der Waals surface area contributed by atoms with E-state index < -0.39 is 12.0 Å². The van der Waals surface area contributed by atoms with Crippen molar-refractivity contribution in [1.82, 2.24) is 10.3 Å². The van der Waals surface area contributed by atoms with Gasteiger partial charge in [-0.15, -0.1) is 0 Å². The summed E-state index contributed by atoms with van der Waals surface area (Å²) in [5.41, 5.74) is 1.51. The molecule has 0 aliphatic carbocycles. The lowest BCUT2D eigenvalue weighted by Crippen LogP contribution is -2.42. The number of alkyl halides is 2. The number of halogens is 2. The zero-order valence-electron chi connectivity index (χ0n) is 10.5. The van der Waals surface area contributed by atoms with Gasteiger partial charge in [-0.2, -0.15) is 0 Å². The van der Waals surface area contributed by atoms with Crippen LogP contribution in [-0.4, -0.2) is 24.0 Å². The Bertz CT molecular complexity index is 535. The number of pyridine rings is 1. The van der Waals surface area contributed by atoms with Crippen LogP contribution in [0.4, 0.5) is 8.78 Å². The van der Waals surface area contributed by atoms with Crippen molar-refractivity contribution >= 4 is 10.9 Å². The number of nitrogens with one attached hydrogen (secondary N) is 1. The van der Waals surface area contributed by atoms with Gasteiger partial charge in [-0.3, -0.25) is 4.98 Å². The molecule has 0 saturated heterocycles. The first-order chi connectivity index (χ1) is 8.50. The highest BCUT2D eigenvalue weighted by molar-refractivity contribution is 5.78. The predicted octanol–water partition coefficient (Wildman–Crippen LogP) is 3.02. The van der Waals surface area contributed by atoms with Gasteiger partial charge in [0, 0.05) is 24.4 Å². The molecule has 1 atom stereocenters. The van der Waals surface area contributed by atoms with E-state index in [0.29, 0.717) is 5.69 Å². The van der Waals surface area contributed by atoms with Crippen LogP contribution in [0.2, 0.25) is 0 Å². The van der Waals surface area contributed by atoms with Gasteiger partial charge in [0.05, 0.1) is 11.6 Å². The summed E-state index contributed by atoms with van der Waals surface area (Å²) < 4.78 is 26.6. The number of hydrogen-bond donors (Lipinski definition) is 1. The zero-order valence-corrected chi connectivity index (χ0v) is 10.5. The minimum atomic E-state index is -2.76. The molecule has 2 aromatic rings. The Morgan fingerprint density at radius 3 is 2.61 bits per heavy atom. The molecule has 0 aliphatic heterocycles. The number of aromatic nitrogens is 1. The van der Waals surface area contributed by atoms with Gasteiger partial charge < -0.3 is 5.32 Å². The van der Waals surface area contributed by atoms with Crippen molar-refractivity contribution in [2.75, 3.05) is 7.05 Å². The van der Waals surface area contributed by atoms with Crippen molar-refractivity contribution < 1.29 is 8.78 Å². The van der Waals surface area contributed by atoms with Crippen LogP contribution in [0.3, 0.4) is 0 Å². The quantitative estimate of drug-likeness (QED) is 0.902. The number of likely N-dealkylation sites (N-methyl/N-ethyl adjacent to an activating group) is 1. The Kier molecular flexibility index (Phi) is 3.57. The zero-order chi connectivity index (χ0) is 13.2. The van der Waals surface area contributed by atoms with Crippen LogP contribution < -0.4 is 5.32 Å². The molecule has 1 heterocycles. The third-order valence-corrected chi connectivity index (χ3v) is 3.03. The fourth-order valence-corrected chi connectivity index (χ4v) is 1.97. The third kappa shape index (κ3) is 2.82. The lowest BCUT2D eigenvalue weighted by molar-refractivity contribution is -0.0159. The van der Waals surface area contributed by atoms with E-state index in [1.807, 2.05) is 30.3 Å². The van der Waals surface area contributed by atoms with E-state index in [0.717, 1.165) is 17.8 Å². The molecule has 0 spiro atoms. The van der Waals surface area contributed by atoms with Crippen molar-refractivity contribution in [2.24, 2.45) is 0 Å². The Balaban J connectivity index is 2.26. The van der Waals surface area contributed by atoms with E-state index >= 15 is 0 Å². The normalized spacial score (nSPS) is 13.8. The van der Waals surface area contributed by atoms with Crippen LogP contribution in [0.15, 0.2) is 36.4 Å². The number of hydrogen-bond acceptors (Lipinski definition) is 2. The lowest BCUT2D eigenvalue weighted by atomic mass is 10.0. The summed E-state index contributed by atoms with van der Waals surface area (Å²) in [6, 6.07) is 10.5. The molecule has 0 bridgehead atoms. The van der Waals surface area contributed by atoms with Gasteiger partial charge in [-0.25, -0.2) is 8.78 Å². The minimum absolute atomic E-state index is 0.213. The van der Waals surface area contributed by atoms with Crippen molar-refractivity contribution in [3.63, 3.8) is 0 Å². The molecule has 0 saturated carbocycles. The second kappa shape index (κ2) is 4.98. The molecule has 1 unspecified atom stereocenters. The van der Waals surface area contributed by atoms with E-state index in [1.165, 1.54) is 0 Å². The van der Waals surface area contributed by atoms with Gasteiger partial charge in [0.1, 0.15) is 0 Å². The van der Waals surface area contributed by atoms with Crippen LogP contribution in [0.1, 0.15) is 12.6 Å². The largest absolute Gasteiger partial charge is 0.311 e. The summed E-state index contributed by atoms with van der Waals surface area (Å²) >= 11 is 0. The summed E-state index contributed by atoms with van der Waals surface area (Å²) in [6.45, 7) is 0.926. The molecular weight excluding hydrogens is 234 g/mol. The van der Waals surface area contributed by atoms with Gasteiger partial charge in [0.2, 0.25) is 0 Å². The molecule has 2 nitrogen and oxygen atoms in total. The lowest BCUT2D eigenvalue weighted by Gasteiger charge is -2.22. The third-order valence-electron chi connectivity index (χ3n) is 3.03. The first kappa shape index (κ1) is 12.9. The Hall–Kier alpha value is -1.55. The van der Waals surface area contributed by atoms with Crippen LogP contribution in [0.5, 0.6) is 0 Å². The molecule has 18 heavy (non-hydrogen) atoms. The van der Waals surface area contributed by atoms with Crippen LogP contribution >= 0.6 is 0 Å². The van der Waals surface area contributed by atoms with Gasteiger partial charge in [0.25, 0.3) is 5.92 Å². The predicted molar refractivity (Wildman–Crippen MR) is 68.9 cm³/mol. The fraction of sp³-hybridized carbons (Fsp3) is 0.357. The van der Waals surface area contributed by atoms with E-state index in [-0.39, 0.29) is 6.42 Å². The molecule has 0 amide bonds. The number of benzene rings is 1. The fourth-order valence-electron chi connectivity index (χ4n) is 1.97. The molecule has 96 valence electrons. The second-order valence-electron chi connectivity index (χ2n) is 4.50. The highest BCUT2D eigenvalue weighted by Gasteiger charge is 2.33. The topological polar surface area (TPSA) is 24.9 Å². The van der Waals surface area contributed by atoms with Crippen molar-refractivity contribution in [1.29, 1.82) is 0 Å². The van der Waals surface area contributed by atoms with Crippen molar-refractivity contribution in [3.8, 4) is 0 Å². The van der Waals surface area contributed by atoms with E-state index in [9.17, 15) is 8.78 Å². The Labute approximate surface area is 105 Å². The number of fused-ring (bicyclic) bond motifs is 1. The Morgan fingerprint density at radius 2 is 1.94 bits per heavy atom. The average molecular weight is 250 g/mol. The maximum atomic E-state index is 13.3. The summed E-state index contributed by atoms with van der Waals surface area (Å²) in [5, 5.41) is 3.67. The number of rotatable bonds is 4. The molecule has 0 radical (unpaired) electrons. The van der Waals surface area contributed by atoms with Crippen LogP contribution in [0, 0.1) is 0 Å². The number of para-hydroxylation sites is 1. The van der Waals surface area contributed by atoms with Gasteiger partial charge in [-0.05, 0) is 19.2 Å². The van der Waals surface area contributed by atoms with E-state index in [2.05, 4.69) is 10.3 Å². The second-order valence-corrected chi connectivity index (χ2v) is 4.50. The van der Waals surface area contributed by atoms with E-state index in [1.54, 1.807) is 13.1 Å². The summed E-state index contributed by atoms with van der Waals surface area (Å²) in [6.07, 6.45) is 0.213. The molecule has 0 aliphatic rings. The van der Waals surface area contributed by atoms with E-state index in [4.69, 9.17) is 0 Å². The minimum Gasteiger partial charge on any atom is -0.311 e. The summed E-state index contributed by atoms with van der Waals surface area (Å²) in [5.74, 6) is -2.76. The monoisotopic (exact) mass is 250 g/mol. The molecule has 4 heteroatoms. The number of nitrogens with zero attached hydrogens (tertiary/aromatic N) is 1. The first-order valence-corrected chi connectivity index (χ1v) is 5.90. The summed E-state index contributed by atoms with van der Waals surface area (Å²) in [7, 11) is 1.54. The SMILES string of the molecule is CNC(Cc1ccc2ccccc2n1)C(C)(F)F. The maximum absolute atomic E-state index is 13.3. The molecule has 2 rings (SSSR count). The molecule has 1 N–H and O–H groups in total. The standard InChI is InChI=1S/C14H16F2N2/c1-14(15,16)13(17-2)9-11-8-7-10-5-3-4-6-12(10)18-11/h3-8,13,17H,9H2,1-2H3. The molecule has 1 aromatic carbocycles. The van der Waals surface area contributed by atoms with Crippen molar-refractivity contribution in [3.05, 3.63) is 42.1 Å². The molecular formula is C14H16F2N2. The van der Waals surface area contributed by atoms with Crippen molar-refractivity contribution in [2.45, 2.75) is 25.3 Å². The maximum Gasteiger partial charge on any atom is 0.260 e. The molecule has 0 fully saturated rings. The van der Waals surface area contributed by atoms with Gasteiger partial charge in [-0.1, -0.05) is 24.3 Å². The smallest absolute Gasteiger partial charge is 0.260 e. The average Bonchev–Trinajstić information content (AvgIpc) is 2.34. The highest BCUT2D eigenvalue weighted by Crippen LogP contribution is 2.21. The highest BCUT2D eigenvalue weighted by atomic mass is 19.3. The van der Waals surface area contributed by atoms with Crippen LogP contribution in [-0.2, 0) is 6.42 Å².